The molecule has 12 aliphatic rings. The van der Waals surface area contributed by atoms with E-state index in [9.17, 15) is 9.59 Å². The maximum Gasteiger partial charge on any atom is 0.417 e. The summed E-state index contributed by atoms with van der Waals surface area (Å²) in [5, 5.41) is 0.455. The Bertz CT molecular complexity index is 2300. The SMILES string of the molecule is C[C@@]12C(=CC(SCCN3CCCC3)CC1OC(=O)C(=O)OC1CC(SCCN3CCCC3)C=C3CC[C@@H]4[C@@H](CC[C@]5(C)C(c6ccoc6)CC6O[C@]645)[C@]31C)CC[C@@H]1[C@H]2CC[C@]2(C)C(c3ccoc3)CC3O[C@]312. The fourth-order valence-electron chi connectivity index (χ4n) is 19.9. The van der Waals surface area contributed by atoms with Gasteiger partial charge in [-0.05, 0) is 175 Å². The fraction of sp³-hybridized carbons (Fsp3) is 0.767. The van der Waals surface area contributed by atoms with Crippen molar-refractivity contribution in [2.24, 2.45) is 45.3 Å². The molecule has 0 radical (unpaired) electrons. The summed E-state index contributed by atoms with van der Waals surface area (Å²) in [7, 11) is 0. The number of hydrogen-bond acceptors (Lipinski definition) is 12. The van der Waals surface area contributed by atoms with E-state index >= 15 is 0 Å². The lowest BCUT2D eigenvalue weighted by Crippen LogP contribution is -2.60. The molecule has 6 saturated carbocycles. The summed E-state index contributed by atoms with van der Waals surface area (Å²) in [6, 6.07) is 4.34. The number of hydrogen-bond donors (Lipinski definition) is 0. The van der Waals surface area contributed by atoms with Crippen molar-refractivity contribution >= 4 is 35.5 Å². The monoisotopic (exact) mass is 1020 g/mol. The third kappa shape index (κ3) is 6.94. The number of fused-ring (bicyclic) bond motifs is 6. The van der Waals surface area contributed by atoms with Gasteiger partial charge in [-0.2, -0.15) is 23.5 Å². The van der Waals surface area contributed by atoms with Gasteiger partial charge >= 0.3 is 11.9 Å². The van der Waals surface area contributed by atoms with Crippen molar-refractivity contribution in [3.05, 3.63) is 71.6 Å². The molecule has 0 amide bonds. The second kappa shape index (κ2) is 17.5. The molecule has 10 nitrogen and oxygen atoms in total. The van der Waals surface area contributed by atoms with Crippen molar-refractivity contribution in [2.45, 2.75) is 188 Å². The summed E-state index contributed by atoms with van der Waals surface area (Å²) in [6.45, 7) is 16.7. The van der Waals surface area contributed by atoms with Crippen LogP contribution in [0, 0.1) is 45.3 Å². The van der Waals surface area contributed by atoms with Crippen LogP contribution in [-0.4, -0.2) is 119 Å². The van der Waals surface area contributed by atoms with Gasteiger partial charge < -0.3 is 37.6 Å². The lowest BCUT2D eigenvalue weighted by atomic mass is 9.45. The lowest BCUT2D eigenvalue weighted by molar-refractivity contribution is -0.189. The highest BCUT2D eigenvalue weighted by Crippen LogP contribution is 2.80. The second-order valence-electron chi connectivity index (χ2n) is 26.0. The first-order valence-electron chi connectivity index (χ1n) is 28.8. The molecule has 2 aromatic rings. The Kier molecular flexibility index (Phi) is 11.7. The van der Waals surface area contributed by atoms with Crippen LogP contribution in [0.1, 0.15) is 153 Å². The molecule has 14 rings (SSSR count). The molecule has 8 aliphatic carbocycles. The van der Waals surface area contributed by atoms with Gasteiger partial charge in [0.1, 0.15) is 23.4 Å². The van der Waals surface area contributed by atoms with Crippen molar-refractivity contribution < 1.29 is 37.4 Å². The number of ether oxygens (including phenoxy) is 4. The Morgan fingerprint density at radius 1 is 0.597 bits per heavy atom. The number of esters is 2. The molecule has 2 spiro atoms. The minimum Gasteiger partial charge on any atom is -0.472 e. The molecular formula is C60H80N2O8S2. The molecule has 4 aliphatic heterocycles. The average molecular weight is 1020 g/mol. The summed E-state index contributed by atoms with van der Waals surface area (Å²) in [5.74, 6) is 2.65. The number of likely N-dealkylation sites (tertiary alicyclic amines) is 2. The van der Waals surface area contributed by atoms with E-state index in [-0.39, 0.29) is 44.7 Å². The van der Waals surface area contributed by atoms with Crippen LogP contribution in [0.2, 0.25) is 0 Å². The maximum atomic E-state index is 15.0. The number of nitrogens with zero attached hydrogens (tertiary/aromatic N) is 2. The third-order valence-electron chi connectivity index (χ3n) is 23.6. The van der Waals surface area contributed by atoms with E-state index in [1.165, 1.54) is 74.1 Å². The Morgan fingerprint density at radius 3 is 1.43 bits per heavy atom. The molecule has 8 unspecified atom stereocenters. The van der Waals surface area contributed by atoms with Gasteiger partial charge in [-0.1, -0.05) is 51.0 Å². The molecule has 72 heavy (non-hydrogen) atoms. The summed E-state index contributed by atoms with van der Waals surface area (Å²) in [5.41, 5.74) is 4.38. The first-order valence-corrected chi connectivity index (χ1v) is 30.9. The predicted octanol–water partition coefficient (Wildman–Crippen LogP) is 11.4. The van der Waals surface area contributed by atoms with Crippen LogP contribution in [0.3, 0.4) is 0 Å². The fourth-order valence-corrected chi connectivity index (χ4v) is 22.4. The number of carbonyl (C=O) groups excluding carboxylic acids is 2. The molecule has 0 bridgehead atoms. The van der Waals surface area contributed by atoms with E-state index in [2.05, 4.69) is 61.8 Å². The van der Waals surface area contributed by atoms with Crippen LogP contribution in [0.5, 0.6) is 0 Å². The van der Waals surface area contributed by atoms with Gasteiger partial charge in [0.05, 0.1) is 37.3 Å². The highest BCUT2D eigenvalue weighted by Gasteiger charge is 2.82. The lowest BCUT2D eigenvalue weighted by Gasteiger charge is -2.60. The Hall–Kier alpha value is -2.48. The highest BCUT2D eigenvalue weighted by molar-refractivity contribution is 8.00. The average Bonchev–Trinajstić information content (AvgIpc) is 3.94. The molecule has 2 aromatic heterocycles. The van der Waals surface area contributed by atoms with Crippen LogP contribution < -0.4 is 0 Å². The quantitative estimate of drug-likeness (QED) is 0.0874. The summed E-state index contributed by atoms with van der Waals surface area (Å²) >= 11 is 4.03. The predicted molar refractivity (Wildman–Crippen MR) is 280 cm³/mol. The van der Waals surface area contributed by atoms with Gasteiger partial charge in [0.25, 0.3) is 0 Å². The van der Waals surface area contributed by atoms with Crippen LogP contribution in [-0.2, 0) is 28.5 Å². The van der Waals surface area contributed by atoms with E-state index in [0.29, 0.717) is 48.3 Å². The van der Waals surface area contributed by atoms with E-state index in [1.807, 2.05) is 48.6 Å². The Labute approximate surface area is 436 Å². The van der Waals surface area contributed by atoms with Crippen LogP contribution in [0.4, 0.5) is 0 Å². The van der Waals surface area contributed by atoms with E-state index in [0.717, 1.165) is 88.8 Å². The van der Waals surface area contributed by atoms with Gasteiger partial charge in [0.15, 0.2) is 0 Å². The zero-order valence-corrected chi connectivity index (χ0v) is 45.1. The molecule has 4 saturated heterocycles. The van der Waals surface area contributed by atoms with Crippen LogP contribution >= 0.6 is 23.5 Å². The zero-order valence-electron chi connectivity index (χ0n) is 43.5. The molecule has 18 atom stereocenters. The van der Waals surface area contributed by atoms with E-state index in [1.54, 1.807) is 0 Å². The topological polar surface area (TPSA) is 110 Å². The van der Waals surface area contributed by atoms with Gasteiger partial charge in [-0.3, -0.25) is 0 Å². The van der Waals surface area contributed by atoms with Gasteiger partial charge in [-0.25, -0.2) is 9.59 Å². The molecule has 0 aromatic carbocycles. The number of furan rings is 2. The first kappa shape index (κ1) is 47.9. The molecular weight excluding hydrogens is 941 g/mol. The molecule has 0 N–H and O–H groups in total. The maximum absolute atomic E-state index is 15.0. The van der Waals surface area contributed by atoms with E-state index < -0.39 is 35.0 Å². The normalized spacial score (nSPS) is 47.6. The molecule has 12 heteroatoms. The number of carbonyl (C=O) groups is 2. The van der Waals surface area contributed by atoms with Crippen LogP contribution in [0.15, 0.2) is 69.3 Å². The van der Waals surface area contributed by atoms with Crippen molar-refractivity contribution in [2.75, 3.05) is 50.8 Å². The summed E-state index contributed by atoms with van der Waals surface area (Å²) in [6.07, 6.45) is 29.4. The Morgan fingerprint density at radius 2 is 1.03 bits per heavy atom. The third-order valence-corrected chi connectivity index (χ3v) is 25.9. The second-order valence-corrected chi connectivity index (χ2v) is 28.7. The van der Waals surface area contributed by atoms with Gasteiger partial charge in [0, 0.05) is 69.6 Å². The number of rotatable bonds is 12. The summed E-state index contributed by atoms with van der Waals surface area (Å²) < 4.78 is 39.0. The first-order chi connectivity index (χ1) is 34.9. The van der Waals surface area contributed by atoms with Crippen molar-refractivity contribution in [3.63, 3.8) is 0 Å². The van der Waals surface area contributed by atoms with Gasteiger partial charge in [-0.15, -0.1) is 0 Å². The van der Waals surface area contributed by atoms with Crippen molar-refractivity contribution in [3.8, 4) is 0 Å². The zero-order chi connectivity index (χ0) is 48.8. The van der Waals surface area contributed by atoms with Gasteiger partial charge in [0.2, 0.25) is 0 Å². The van der Waals surface area contributed by atoms with Crippen molar-refractivity contribution in [1.82, 2.24) is 9.80 Å². The molecule has 6 heterocycles. The number of epoxide rings is 2. The Balaban J connectivity index is 0.740. The summed E-state index contributed by atoms with van der Waals surface area (Å²) in [4.78, 5) is 35.1. The highest BCUT2D eigenvalue weighted by atomic mass is 32.2. The molecule has 10 fully saturated rings. The smallest absolute Gasteiger partial charge is 0.417 e. The van der Waals surface area contributed by atoms with Crippen LogP contribution in [0.25, 0.3) is 0 Å². The van der Waals surface area contributed by atoms with E-state index in [4.69, 9.17) is 27.8 Å². The molecule has 390 valence electrons. The standard InChI is InChI=1S/C60H80N2O8S2/c1-55-17-13-43-45(59(55)51(69-59)33-47(55)37-15-25-65-35-37)11-9-39-29-41(71-27-23-61-19-5-6-20-61)31-49(57(39,43)3)67-53(63)54(64)68-50-32-42(72-28-24-62-21-7-8-22-62)30-40-10-12-46-44(58(40,50)4)14-18-56(2)48(38-16-26-66-36-38)34-52-60(46,56)70-52/h15-16,25-26,29-30,35-36,41-52H,5-14,17-24,27-28,31-34H2,1-4H3/t41?,42?,43-,44-,45-,46-,47?,48?,49?,50?,51?,52?,55-,56-,57+,58+,59+,60+/m1/s1. The minimum absolute atomic E-state index is 0.0210. The number of thioether (sulfide) groups is 2. The minimum atomic E-state index is -0.796. The largest absolute Gasteiger partial charge is 0.472 e. The van der Waals surface area contributed by atoms with Crippen molar-refractivity contribution in [1.29, 1.82) is 0 Å².